The molecule has 0 fully saturated rings. The minimum Gasteiger partial charge on any atom is -0.492 e. The van der Waals surface area contributed by atoms with Gasteiger partial charge in [0.15, 0.2) is 11.6 Å². The molecule has 0 amide bonds. The minimum absolute atomic E-state index is 0.000134. The summed E-state index contributed by atoms with van der Waals surface area (Å²) in [6, 6.07) is 4.03. The molecule has 0 saturated heterocycles. The van der Waals surface area contributed by atoms with Gasteiger partial charge in [-0.1, -0.05) is 23.2 Å². The third kappa shape index (κ3) is 3.00. The molecule has 1 aromatic heterocycles. The highest BCUT2D eigenvalue weighted by Crippen LogP contribution is 2.37. The van der Waals surface area contributed by atoms with E-state index >= 15 is 0 Å². The van der Waals surface area contributed by atoms with Crippen molar-refractivity contribution in [1.82, 2.24) is 4.98 Å². The number of pyridine rings is 1. The van der Waals surface area contributed by atoms with Gasteiger partial charge >= 0.3 is 6.16 Å². The molecular formula is C13H9Cl2FN2O4. The first-order valence-corrected chi connectivity index (χ1v) is 6.50. The number of rotatable bonds is 3. The third-order valence-corrected chi connectivity index (χ3v) is 3.35. The lowest BCUT2D eigenvalue weighted by Crippen LogP contribution is -2.07. The quantitative estimate of drug-likeness (QED) is 0.819. The van der Waals surface area contributed by atoms with E-state index in [1.807, 2.05) is 0 Å². The number of ether oxygens (including phenoxy) is 2. The van der Waals surface area contributed by atoms with Crippen LogP contribution < -0.4 is 15.2 Å². The first-order valence-electron chi connectivity index (χ1n) is 5.74. The second-order valence-corrected chi connectivity index (χ2v) is 4.81. The maximum absolute atomic E-state index is 14.4. The van der Waals surface area contributed by atoms with Crippen LogP contribution in [0.25, 0.3) is 11.3 Å². The maximum Gasteiger partial charge on any atom is 0.512 e. The van der Waals surface area contributed by atoms with Crippen molar-refractivity contribution in [3.63, 3.8) is 0 Å². The number of nitrogen functional groups attached to an aromatic ring is 1. The van der Waals surface area contributed by atoms with E-state index in [9.17, 15) is 9.18 Å². The molecule has 22 heavy (non-hydrogen) atoms. The van der Waals surface area contributed by atoms with Crippen LogP contribution in [0.3, 0.4) is 0 Å². The Morgan fingerprint density at radius 2 is 2.09 bits per heavy atom. The second kappa shape index (κ2) is 6.25. The fraction of sp³-hybridized carbons (Fsp3) is 0.0769. The van der Waals surface area contributed by atoms with Crippen molar-refractivity contribution in [2.75, 3.05) is 12.8 Å². The predicted molar refractivity (Wildman–Crippen MR) is 79.3 cm³/mol. The fourth-order valence-corrected chi connectivity index (χ4v) is 2.09. The number of carbonyl (C=O) groups is 1. The van der Waals surface area contributed by atoms with Crippen LogP contribution in [0.4, 0.5) is 14.9 Å². The van der Waals surface area contributed by atoms with Gasteiger partial charge in [0.2, 0.25) is 5.88 Å². The summed E-state index contributed by atoms with van der Waals surface area (Å²) in [6.45, 7) is 0. The Kier molecular flexibility index (Phi) is 4.58. The SMILES string of the molecule is COc1c(Cl)ccc(-c2cc(N)c(Cl)c(OC(=O)O)n2)c1F. The van der Waals surface area contributed by atoms with Crippen LogP contribution in [0.2, 0.25) is 10.0 Å². The number of hydrogen-bond acceptors (Lipinski definition) is 5. The molecule has 2 rings (SSSR count). The number of methoxy groups -OCH3 is 1. The van der Waals surface area contributed by atoms with Gasteiger partial charge in [0, 0.05) is 5.56 Å². The smallest absolute Gasteiger partial charge is 0.492 e. The Morgan fingerprint density at radius 3 is 2.68 bits per heavy atom. The second-order valence-electron chi connectivity index (χ2n) is 4.03. The molecule has 3 N–H and O–H groups in total. The number of benzene rings is 1. The van der Waals surface area contributed by atoms with Crippen LogP contribution in [0.5, 0.6) is 11.6 Å². The van der Waals surface area contributed by atoms with Crippen LogP contribution in [0.1, 0.15) is 0 Å². The van der Waals surface area contributed by atoms with Gasteiger partial charge in [-0.05, 0) is 18.2 Å². The molecule has 0 saturated carbocycles. The molecular weight excluding hydrogens is 338 g/mol. The maximum atomic E-state index is 14.4. The zero-order valence-corrected chi connectivity index (χ0v) is 12.6. The number of anilines is 1. The molecule has 1 heterocycles. The zero-order valence-electron chi connectivity index (χ0n) is 11.1. The molecule has 2 aromatic rings. The number of carboxylic acid groups (broad SMARTS) is 1. The molecule has 6 nitrogen and oxygen atoms in total. The lowest BCUT2D eigenvalue weighted by molar-refractivity contribution is 0.142. The van der Waals surface area contributed by atoms with Crippen LogP contribution in [-0.2, 0) is 0 Å². The molecule has 0 aliphatic rings. The fourth-order valence-electron chi connectivity index (χ4n) is 1.73. The molecule has 0 atom stereocenters. The zero-order chi connectivity index (χ0) is 16.4. The molecule has 0 radical (unpaired) electrons. The Balaban J connectivity index is 2.63. The number of nitrogens with two attached hydrogens (primary N) is 1. The van der Waals surface area contributed by atoms with Gasteiger partial charge in [0.05, 0.1) is 23.5 Å². The Labute approximate surface area is 134 Å². The first-order chi connectivity index (χ1) is 10.3. The summed E-state index contributed by atoms with van der Waals surface area (Å²) in [6.07, 6.45) is -1.62. The topological polar surface area (TPSA) is 94.7 Å². The van der Waals surface area contributed by atoms with Crippen molar-refractivity contribution in [3.05, 3.63) is 34.1 Å². The van der Waals surface area contributed by atoms with Gasteiger partial charge in [-0.3, -0.25) is 0 Å². The Bertz CT molecular complexity index is 755. The van der Waals surface area contributed by atoms with Crippen LogP contribution in [0.15, 0.2) is 18.2 Å². The van der Waals surface area contributed by atoms with Crippen LogP contribution >= 0.6 is 23.2 Å². The van der Waals surface area contributed by atoms with E-state index in [1.165, 1.54) is 25.3 Å². The van der Waals surface area contributed by atoms with Gasteiger partial charge in [0.25, 0.3) is 0 Å². The first kappa shape index (κ1) is 16.1. The highest BCUT2D eigenvalue weighted by atomic mass is 35.5. The Hall–Kier alpha value is -2.25. The minimum atomic E-state index is -1.62. The molecule has 0 spiro atoms. The van der Waals surface area contributed by atoms with Crippen molar-refractivity contribution < 1.29 is 23.8 Å². The molecule has 0 unspecified atom stereocenters. The van der Waals surface area contributed by atoms with Crippen LogP contribution in [0, 0.1) is 5.82 Å². The third-order valence-electron chi connectivity index (χ3n) is 2.67. The molecule has 9 heteroatoms. The summed E-state index contributed by atoms with van der Waals surface area (Å²) in [5.74, 6) is -1.39. The largest absolute Gasteiger partial charge is 0.512 e. The summed E-state index contributed by atoms with van der Waals surface area (Å²) in [7, 11) is 1.26. The molecule has 0 bridgehead atoms. The van der Waals surface area contributed by atoms with Gasteiger partial charge in [0.1, 0.15) is 5.02 Å². The molecule has 116 valence electrons. The van der Waals surface area contributed by atoms with Crippen LogP contribution in [-0.4, -0.2) is 23.4 Å². The summed E-state index contributed by atoms with van der Waals surface area (Å²) >= 11 is 11.6. The average molecular weight is 347 g/mol. The lowest BCUT2D eigenvalue weighted by atomic mass is 10.1. The average Bonchev–Trinajstić information content (AvgIpc) is 2.44. The Morgan fingerprint density at radius 1 is 1.41 bits per heavy atom. The van der Waals surface area contributed by atoms with E-state index in [4.69, 9.17) is 38.8 Å². The normalized spacial score (nSPS) is 10.4. The summed E-state index contributed by atoms with van der Waals surface area (Å²) < 4.78 is 23.7. The van der Waals surface area contributed by atoms with Gasteiger partial charge in [-0.2, -0.15) is 0 Å². The van der Waals surface area contributed by atoms with Crippen molar-refractivity contribution in [1.29, 1.82) is 0 Å². The summed E-state index contributed by atoms with van der Waals surface area (Å²) in [5.41, 5.74) is 5.66. The number of halogens is 3. The van der Waals surface area contributed by atoms with Crippen molar-refractivity contribution >= 4 is 35.0 Å². The van der Waals surface area contributed by atoms with Gasteiger partial charge in [-0.25, -0.2) is 14.2 Å². The highest BCUT2D eigenvalue weighted by Gasteiger charge is 2.19. The predicted octanol–water partition coefficient (Wildman–Crippen LogP) is 3.84. The van der Waals surface area contributed by atoms with E-state index in [0.29, 0.717) is 0 Å². The molecule has 0 aliphatic carbocycles. The van der Waals surface area contributed by atoms with Crippen molar-refractivity contribution in [3.8, 4) is 22.9 Å². The monoisotopic (exact) mass is 346 g/mol. The number of aromatic nitrogens is 1. The summed E-state index contributed by atoms with van der Waals surface area (Å²) in [5, 5.41) is 8.53. The van der Waals surface area contributed by atoms with Crippen molar-refractivity contribution in [2.24, 2.45) is 0 Å². The molecule has 0 aliphatic heterocycles. The van der Waals surface area contributed by atoms with E-state index in [-0.39, 0.29) is 32.7 Å². The van der Waals surface area contributed by atoms with Gasteiger partial charge in [-0.15, -0.1) is 0 Å². The van der Waals surface area contributed by atoms with Crippen molar-refractivity contribution in [2.45, 2.75) is 0 Å². The lowest BCUT2D eigenvalue weighted by Gasteiger charge is -2.11. The summed E-state index contributed by atoms with van der Waals surface area (Å²) in [4.78, 5) is 14.5. The van der Waals surface area contributed by atoms with Gasteiger partial charge < -0.3 is 20.3 Å². The number of nitrogens with zero attached hydrogens (tertiary/aromatic N) is 1. The van der Waals surface area contributed by atoms with E-state index < -0.39 is 17.9 Å². The number of hydrogen-bond donors (Lipinski definition) is 2. The van der Waals surface area contributed by atoms with E-state index in [2.05, 4.69) is 9.72 Å². The standard InChI is InChI=1S/C13H9Cl2FN2O4/c1-21-11-6(14)3-2-5(10(11)16)8-4-7(17)9(15)12(18-8)22-13(19)20/h2-4H,1H3,(H2,17,18)(H,19,20). The molecule has 1 aromatic carbocycles. The van der Waals surface area contributed by atoms with E-state index in [1.54, 1.807) is 0 Å². The highest BCUT2D eigenvalue weighted by molar-refractivity contribution is 6.34. The van der Waals surface area contributed by atoms with E-state index in [0.717, 1.165) is 0 Å².